The monoisotopic (exact) mass is 654 g/mol. The second-order valence-corrected chi connectivity index (χ2v) is 17.6. The number of aryl methyl sites for hydroxylation is 1. The van der Waals surface area contributed by atoms with E-state index in [0.717, 1.165) is 87.7 Å². The molecule has 0 bridgehead atoms. The van der Waals surface area contributed by atoms with Gasteiger partial charge in [-0.1, -0.05) is 26.7 Å². The Bertz CT molecular complexity index is 1810. The van der Waals surface area contributed by atoms with Crippen LogP contribution in [0.5, 0.6) is 0 Å². The lowest BCUT2D eigenvalue weighted by Crippen LogP contribution is -2.59. The summed E-state index contributed by atoms with van der Waals surface area (Å²) >= 11 is 0. The lowest BCUT2D eigenvalue weighted by Gasteiger charge is -2.62. The molecule has 5 aliphatic carbocycles. The molecular weight excluding hydrogens is 600 g/mol. The molecule has 6 heteroatoms. The molecule has 5 aliphatic rings. The molecule has 3 saturated carbocycles. The minimum atomic E-state index is -0.475. The minimum absolute atomic E-state index is 0.00621. The Kier molecular flexibility index (Phi) is 7.04. The van der Waals surface area contributed by atoms with Gasteiger partial charge in [0.1, 0.15) is 17.1 Å². The standard InChI is InChI=1S/C42H54O6/c1-24-25-11-13-33-38(2,16-9-18-40(33,4)36(43)45-7)29(25)22-31-26(24)21-35(48-31)42(6)27-12-14-34-39(3,17-10-19-41(34,5)37(44)46-8)30(27)23-32-28(42)15-20-47-32/h15,20-22,27,30,33-34H,9-14,16-19,23H2,1-8H3/t27-,30+,33+,34-,38+,39-,40+,41-,42+/m1/s1. The van der Waals surface area contributed by atoms with E-state index in [1.807, 2.05) is 6.26 Å². The maximum atomic E-state index is 13.3. The summed E-state index contributed by atoms with van der Waals surface area (Å²) in [5.41, 5.74) is 4.93. The van der Waals surface area contributed by atoms with Gasteiger partial charge in [-0.2, -0.15) is 0 Å². The van der Waals surface area contributed by atoms with Crippen LogP contribution in [0.4, 0.5) is 0 Å². The third kappa shape index (κ3) is 3.92. The van der Waals surface area contributed by atoms with Gasteiger partial charge in [-0.3, -0.25) is 9.59 Å². The zero-order valence-corrected chi connectivity index (χ0v) is 30.3. The van der Waals surface area contributed by atoms with Crippen LogP contribution in [0, 0.1) is 46.8 Å². The van der Waals surface area contributed by atoms with Crippen molar-refractivity contribution in [3.63, 3.8) is 0 Å². The fraction of sp³-hybridized carbons (Fsp3) is 0.667. The molecule has 3 aromatic rings. The number of ether oxygens (including phenoxy) is 2. The fourth-order valence-electron chi connectivity index (χ4n) is 13.3. The highest BCUT2D eigenvalue weighted by Crippen LogP contribution is 2.67. The Labute approximate surface area is 285 Å². The van der Waals surface area contributed by atoms with E-state index in [-0.39, 0.29) is 40.0 Å². The van der Waals surface area contributed by atoms with Gasteiger partial charge in [-0.15, -0.1) is 0 Å². The number of rotatable bonds is 3. The summed E-state index contributed by atoms with van der Waals surface area (Å²) in [7, 11) is 3.08. The summed E-state index contributed by atoms with van der Waals surface area (Å²) in [6.07, 6.45) is 12.8. The molecule has 0 N–H and O–H groups in total. The number of furan rings is 2. The van der Waals surface area contributed by atoms with E-state index in [1.54, 1.807) is 7.11 Å². The lowest BCUT2D eigenvalue weighted by molar-refractivity contribution is -0.176. The molecule has 0 spiro atoms. The minimum Gasteiger partial charge on any atom is -0.469 e. The maximum Gasteiger partial charge on any atom is 0.311 e. The lowest BCUT2D eigenvalue weighted by atomic mass is 9.41. The summed E-state index contributed by atoms with van der Waals surface area (Å²) in [6.45, 7) is 13.8. The van der Waals surface area contributed by atoms with Crippen LogP contribution in [-0.4, -0.2) is 26.2 Å². The van der Waals surface area contributed by atoms with Crippen LogP contribution < -0.4 is 0 Å². The molecule has 0 radical (unpaired) electrons. The average Bonchev–Trinajstić information content (AvgIpc) is 3.73. The van der Waals surface area contributed by atoms with Crippen molar-refractivity contribution in [1.29, 1.82) is 0 Å². The largest absolute Gasteiger partial charge is 0.469 e. The SMILES string of the molecule is COC(=O)[C@]1(C)CCC[C@@]2(C)[C@H]1CC[C@@H]1[C@@H]2Cc2occc2[C@@]1(C)c1cc2c(C)c3c(cc2o1)[C@]1(C)CCC[C@](C)(C(=O)OC)[C@H]1CC3. The van der Waals surface area contributed by atoms with E-state index in [9.17, 15) is 9.59 Å². The summed E-state index contributed by atoms with van der Waals surface area (Å²) < 4.78 is 24.3. The smallest absolute Gasteiger partial charge is 0.311 e. The van der Waals surface area contributed by atoms with Crippen LogP contribution >= 0.6 is 0 Å². The first-order valence-corrected chi connectivity index (χ1v) is 18.6. The molecule has 2 heterocycles. The molecule has 0 saturated heterocycles. The number of benzene rings is 1. The van der Waals surface area contributed by atoms with E-state index < -0.39 is 10.8 Å². The molecule has 6 nitrogen and oxygen atoms in total. The molecule has 0 unspecified atom stereocenters. The van der Waals surface area contributed by atoms with E-state index in [4.69, 9.17) is 18.3 Å². The van der Waals surface area contributed by atoms with Gasteiger partial charge < -0.3 is 18.3 Å². The predicted octanol–water partition coefficient (Wildman–Crippen LogP) is 9.39. The Balaban J connectivity index is 1.24. The summed E-state index contributed by atoms with van der Waals surface area (Å²) in [5, 5.41) is 1.21. The van der Waals surface area contributed by atoms with Crippen LogP contribution in [0.3, 0.4) is 0 Å². The van der Waals surface area contributed by atoms with Crippen molar-refractivity contribution in [1.82, 2.24) is 0 Å². The van der Waals surface area contributed by atoms with Crippen molar-refractivity contribution in [2.75, 3.05) is 14.2 Å². The number of hydrogen-bond acceptors (Lipinski definition) is 6. The van der Waals surface area contributed by atoms with Crippen molar-refractivity contribution in [3.05, 3.63) is 58.2 Å². The number of hydrogen-bond donors (Lipinski definition) is 0. The molecule has 3 fully saturated rings. The fourth-order valence-corrected chi connectivity index (χ4v) is 13.3. The van der Waals surface area contributed by atoms with Gasteiger partial charge in [-0.05, 0) is 148 Å². The zero-order chi connectivity index (χ0) is 34.0. The van der Waals surface area contributed by atoms with Gasteiger partial charge in [0.05, 0.1) is 36.7 Å². The molecule has 1 aromatic carbocycles. The van der Waals surface area contributed by atoms with E-state index in [0.29, 0.717) is 11.8 Å². The first kappa shape index (κ1) is 32.2. The van der Waals surface area contributed by atoms with Crippen molar-refractivity contribution >= 4 is 22.9 Å². The van der Waals surface area contributed by atoms with Crippen molar-refractivity contribution in [2.45, 2.75) is 123 Å². The van der Waals surface area contributed by atoms with Gasteiger partial charge in [-0.25, -0.2) is 0 Å². The van der Waals surface area contributed by atoms with E-state index in [2.05, 4.69) is 59.7 Å². The third-order valence-electron chi connectivity index (χ3n) is 15.8. The van der Waals surface area contributed by atoms with Gasteiger partial charge in [0.25, 0.3) is 0 Å². The number of fused-ring (bicyclic) bond motifs is 8. The first-order valence-electron chi connectivity index (χ1n) is 18.6. The molecule has 8 rings (SSSR count). The summed E-state index contributed by atoms with van der Waals surface area (Å²) in [4.78, 5) is 26.5. The normalized spacial score (nSPS) is 40.2. The predicted molar refractivity (Wildman–Crippen MR) is 185 cm³/mol. The van der Waals surface area contributed by atoms with Crippen molar-refractivity contribution in [2.24, 2.45) is 39.9 Å². The average molecular weight is 655 g/mol. The zero-order valence-electron chi connectivity index (χ0n) is 30.3. The van der Waals surface area contributed by atoms with Crippen LogP contribution in [0.15, 0.2) is 33.3 Å². The van der Waals surface area contributed by atoms with Crippen molar-refractivity contribution < 1.29 is 27.9 Å². The molecule has 2 aromatic heterocycles. The summed E-state index contributed by atoms with van der Waals surface area (Å²) in [6, 6.07) is 6.88. The van der Waals surface area contributed by atoms with Crippen LogP contribution in [0.25, 0.3) is 11.0 Å². The second-order valence-electron chi connectivity index (χ2n) is 17.6. The molecule has 0 aliphatic heterocycles. The Morgan fingerprint density at radius 2 is 1.50 bits per heavy atom. The Hall–Kier alpha value is -3.02. The molecule has 258 valence electrons. The highest BCUT2D eigenvalue weighted by Gasteiger charge is 2.64. The Morgan fingerprint density at radius 1 is 0.812 bits per heavy atom. The van der Waals surface area contributed by atoms with Crippen LogP contribution in [-0.2, 0) is 42.7 Å². The van der Waals surface area contributed by atoms with Gasteiger partial charge in [0.2, 0.25) is 0 Å². The van der Waals surface area contributed by atoms with Gasteiger partial charge in [0.15, 0.2) is 0 Å². The molecule has 48 heavy (non-hydrogen) atoms. The number of esters is 2. The summed E-state index contributed by atoms with van der Waals surface area (Å²) in [5.74, 6) is 3.22. The number of carbonyl (C=O) groups excluding carboxylic acids is 2. The third-order valence-corrected chi connectivity index (χ3v) is 15.8. The second kappa shape index (κ2) is 10.5. The number of carbonyl (C=O) groups is 2. The Morgan fingerprint density at radius 3 is 2.21 bits per heavy atom. The highest BCUT2D eigenvalue weighted by molar-refractivity contribution is 5.86. The van der Waals surface area contributed by atoms with Crippen LogP contribution in [0.1, 0.15) is 126 Å². The number of methoxy groups -OCH3 is 2. The molecule has 0 amide bonds. The van der Waals surface area contributed by atoms with Crippen molar-refractivity contribution in [3.8, 4) is 0 Å². The molecular formula is C42H54O6. The first-order chi connectivity index (χ1) is 22.8. The van der Waals surface area contributed by atoms with E-state index in [1.165, 1.54) is 34.7 Å². The maximum absolute atomic E-state index is 13.3. The van der Waals surface area contributed by atoms with Gasteiger partial charge >= 0.3 is 11.9 Å². The topological polar surface area (TPSA) is 78.9 Å². The van der Waals surface area contributed by atoms with Gasteiger partial charge in [0, 0.05) is 17.4 Å². The highest BCUT2D eigenvalue weighted by atomic mass is 16.5. The van der Waals surface area contributed by atoms with Crippen LogP contribution in [0.2, 0.25) is 0 Å². The molecule has 9 atom stereocenters. The quantitative estimate of drug-likeness (QED) is 0.262. The van der Waals surface area contributed by atoms with E-state index >= 15 is 0 Å².